The predicted octanol–water partition coefficient (Wildman–Crippen LogP) is -2.92. The van der Waals surface area contributed by atoms with Crippen molar-refractivity contribution in [3.63, 3.8) is 0 Å². The highest BCUT2D eigenvalue weighted by molar-refractivity contribution is 5.88. The molecule has 3 saturated heterocycles. The molecule has 0 amide bonds. The van der Waals surface area contributed by atoms with Crippen LogP contribution in [0.4, 0.5) is 0 Å². The van der Waals surface area contributed by atoms with Gasteiger partial charge in [0.05, 0.1) is 26.4 Å². The highest BCUT2D eigenvalue weighted by Crippen LogP contribution is 2.40. The maximum absolute atomic E-state index is 13.8. The monoisotopic (exact) mass is 756 g/mol. The van der Waals surface area contributed by atoms with E-state index in [0.29, 0.717) is 0 Å². The van der Waals surface area contributed by atoms with E-state index in [1.165, 1.54) is 32.2 Å². The van der Waals surface area contributed by atoms with Crippen molar-refractivity contribution in [3.05, 3.63) is 40.6 Å². The fourth-order valence-electron chi connectivity index (χ4n) is 6.19. The van der Waals surface area contributed by atoms with Crippen molar-refractivity contribution in [3.8, 4) is 40.1 Å². The first-order valence-electron chi connectivity index (χ1n) is 16.3. The van der Waals surface area contributed by atoms with E-state index in [4.69, 9.17) is 37.6 Å². The van der Waals surface area contributed by atoms with Crippen molar-refractivity contribution in [2.24, 2.45) is 0 Å². The topological polar surface area (TPSA) is 317 Å². The summed E-state index contributed by atoms with van der Waals surface area (Å²) in [5.41, 5.74) is -1.21. The first-order valence-corrected chi connectivity index (χ1v) is 16.3. The number of phenols is 3. The van der Waals surface area contributed by atoms with Gasteiger partial charge in [-0.05, 0) is 25.1 Å². The van der Waals surface area contributed by atoms with E-state index in [9.17, 15) is 61.0 Å². The lowest BCUT2D eigenvalue weighted by atomic mass is 9.98. The summed E-state index contributed by atoms with van der Waals surface area (Å²) >= 11 is 0. The third kappa shape index (κ3) is 7.47. The zero-order valence-corrected chi connectivity index (χ0v) is 28.0. The van der Waals surface area contributed by atoms with Crippen molar-refractivity contribution in [2.45, 2.75) is 92.9 Å². The molecule has 0 spiro atoms. The molecule has 3 fully saturated rings. The smallest absolute Gasteiger partial charge is 0.239 e. The van der Waals surface area contributed by atoms with E-state index in [2.05, 4.69) is 0 Å². The molecule has 20 nitrogen and oxygen atoms in total. The van der Waals surface area contributed by atoms with Gasteiger partial charge >= 0.3 is 0 Å². The van der Waals surface area contributed by atoms with Gasteiger partial charge in [-0.15, -0.1) is 0 Å². The van der Waals surface area contributed by atoms with Gasteiger partial charge in [0.1, 0.15) is 83.5 Å². The minimum atomic E-state index is -2.01. The quantitative estimate of drug-likeness (QED) is 0.104. The zero-order valence-electron chi connectivity index (χ0n) is 28.0. The first-order chi connectivity index (χ1) is 25.1. The number of rotatable bonds is 9. The van der Waals surface area contributed by atoms with Gasteiger partial charge in [-0.2, -0.15) is 0 Å². The molecular formula is C33H40O20. The Bertz CT molecular complexity index is 1820. The molecule has 11 N–H and O–H groups in total. The summed E-state index contributed by atoms with van der Waals surface area (Å²) in [6.07, 6.45) is -23.2. The minimum absolute atomic E-state index is 0.0416. The molecule has 0 aliphatic carbocycles. The third-order valence-electron chi connectivity index (χ3n) is 9.21. The predicted molar refractivity (Wildman–Crippen MR) is 172 cm³/mol. The Morgan fingerprint density at radius 3 is 2.21 bits per heavy atom. The van der Waals surface area contributed by atoms with Crippen LogP contribution in [0.3, 0.4) is 0 Å². The molecule has 3 aromatic rings. The molecule has 20 heteroatoms. The zero-order chi connectivity index (χ0) is 38.5. The van der Waals surface area contributed by atoms with E-state index in [0.717, 1.165) is 12.1 Å². The Morgan fingerprint density at radius 1 is 0.774 bits per heavy atom. The summed E-state index contributed by atoms with van der Waals surface area (Å²) in [4.78, 5) is 13.8. The number of aliphatic hydroxyl groups excluding tert-OH is 8. The molecule has 4 heterocycles. The first kappa shape index (κ1) is 38.8. The van der Waals surface area contributed by atoms with Crippen molar-refractivity contribution >= 4 is 11.0 Å². The van der Waals surface area contributed by atoms with Gasteiger partial charge in [-0.25, -0.2) is 0 Å². The molecule has 0 bridgehead atoms. The number of methoxy groups -OCH3 is 1. The van der Waals surface area contributed by atoms with Crippen LogP contribution in [0.25, 0.3) is 22.3 Å². The number of aliphatic hydroxyl groups is 8. The van der Waals surface area contributed by atoms with Crippen LogP contribution in [0, 0.1) is 0 Å². The molecule has 0 saturated carbocycles. The highest BCUT2D eigenvalue weighted by atomic mass is 16.7. The maximum Gasteiger partial charge on any atom is 0.239 e. The van der Waals surface area contributed by atoms with Crippen molar-refractivity contribution in [1.82, 2.24) is 0 Å². The average molecular weight is 757 g/mol. The SMILES string of the molecule is COc1cc(-c2oc3cc(O)cc(O)c3c(=O)c2O[C@@H]2O[C@H](CO[C@@H]3O[C@@H](C)[C@H](O)[C@@H](O[C@@H]4OC[C@H](O)[C@@H](O)[C@@H]4O)[C@@H]3O)[C@H](O)[C@H](O)[C@H]2O)ccc1O. The fraction of sp³-hybridized carbons (Fsp3) is 0.545. The van der Waals surface area contributed by atoms with Crippen LogP contribution in [0.1, 0.15) is 6.92 Å². The largest absolute Gasteiger partial charge is 0.508 e. The van der Waals surface area contributed by atoms with Crippen LogP contribution in [-0.2, 0) is 23.7 Å². The lowest BCUT2D eigenvalue weighted by molar-refractivity contribution is -0.351. The van der Waals surface area contributed by atoms with Gasteiger partial charge in [-0.3, -0.25) is 4.79 Å². The molecule has 6 rings (SSSR count). The van der Waals surface area contributed by atoms with Crippen LogP contribution in [-0.4, -0.2) is 163 Å². The van der Waals surface area contributed by atoms with E-state index in [-0.39, 0.29) is 28.4 Å². The Morgan fingerprint density at radius 2 is 1.49 bits per heavy atom. The molecule has 292 valence electrons. The normalized spacial score (nSPS) is 36.3. The number of aromatic hydroxyl groups is 3. The van der Waals surface area contributed by atoms with E-state index in [1.54, 1.807) is 0 Å². The van der Waals surface area contributed by atoms with E-state index < -0.39 is 127 Å². The molecule has 0 radical (unpaired) electrons. The lowest BCUT2D eigenvalue weighted by Gasteiger charge is -2.45. The Kier molecular flexibility index (Phi) is 11.3. The molecule has 0 unspecified atom stereocenters. The second-order valence-electron chi connectivity index (χ2n) is 12.8. The molecule has 3 aliphatic rings. The maximum atomic E-state index is 13.8. The number of ether oxygens (including phenoxy) is 7. The summed E-state index contributed by atoms with van der Waals surface area (Å²) in [7, 11) is 1.27. The fourth-order valence-corrected chi connectivity index (χ4v) is 6.19. The lowest BCUT2D eigenvalue weighted by Crippen LogP contribution is -2.63. The van der Waals surface area contributed by atoms with Crippen molar-refractivity contribution in [1.29, 1.82) is 0 Å². The van der Waals surface area contributed by atoms with Crippen LogP contribution >= 0.6 is 0 Å². The van der Waals surface area contributed by atoms with Gasteiger partial charge in [0, 0.05) is 17.7 Å². The second kappa shape index (κ2) is 15.5. The molecule has 1 aromatic heterocycles. The molecule has 53 heavy (non-hydrogen) atoms. The van der Waals surface area contributed by atoms with E-state index in [1.807, 2.05) is 0 Å². The summed E-state index contributed by atoms with van der Waals surface area (Å²) in [5.74, 6) is -2.46. The van der Waals surface area contributed by atoms with Gasteiger partial charge in [0.2, 0.25) is 17.5 Å². The number of benzene rings is 2. The van der Waals surface area contributed by atoms with Gasteiger partial charge in [0.25, 0.3) is 0 Å². The number of phenolic OH excluding ortho intramolecular Hbond substituents is 3. The Balaban J connectivity index is 1.24. The van der Waals surface area contributed by atoms with Crippen molar-refractivity contribution < 1.29 is 93.7 Å². The Labute approximate surface area is 298 Å². The van der Waals surface area contributed by atoms with Gasteiger partial charge < -0.3 is 93.7 Å². The highest BCUT2D eigenvalue weighted by Gasteiger charge is 2.50. The molecule has 3 aliphatic heterocycles. The number of fused-ring (bicyclic) bond motifs is 1. The van der Waals surface area contributed by atoms with E-state index >= 15 is 0 Å². The summed E-state index contributed by atoms with van der Waals surface area (Å²) in [5, 5.41) is 114. The summed E-state index contributed by atoms with van der Waals surface area (Å²) in [6.45, 7) is 0.314. The average Bonchev–Trinajstić information content (AvgIpc) is 3.12. The molecule has 14 atom stereocenters. The van der Waals surface area contributed by atoms with Gasteiger partial charge in [-0.1, -0.05) is 0 Å². The van der Waals surface area contributed by atoms with Crippen LogP contribution < -0.4 is 14.9 Å². The van der Waals surface area contributed by atoms with Crippen LogP contribution in [0.15, 0.2) is 39.5 Å². The number of hydrogen-bond acceptors (Lipinski definition) is 20. The molecular weight excluding hydrogens is 716 g/mol. The van der Waals surface area contributed by atoms with Gasteiger partial charge in [0.15, 0.2) is 29.8 Å². The number of hydrogen-bond donors (Lipinski definition) is 11. The van der Waals surface area contributed by atoms with Crippen LogP contribution in [0.5, 0.6) is 28.7 Å². The van der Waals surface area contributed by atoms with Crippen LogP contribution in [0.2, 0.25) is 0 Å². The van der Waals surface area contributed by atoms with Crippen molar-refractivity contribution in [2.75, 3.05) is 20.3 Å². The second-order valence-corrected chi connectivity index (χ2v) is 12.8. The standard InChI is InChI=1S/C33H40O20/c1-10-20(38)29(52-31-25(43)21(39)15(37)8-47-31)27(45)32(49-10)48-9-18-22(40)24(42)26(44)33(51-18)53-30-23(41)19-14(36)6-12(34)7-17(19)50-28(30)11-3-4-13(35)16(5-11)46-2/h3-7,10,15,18,20-22,24-27,29,31-40,42-45H,8-9H2,1-2H3/t10-,15-,18+,20-,21+,22-,24-,25-,26+,27-,29+,31-,32+,33-/m0/s1. The Hall–Kier alpha value is -3.87. The molecule has 2 aromatic carbocycles. The third-order valence-corrected chi connectivity index (χ3v) is 9.21. The summed E-state index contributed by atoms with van der Waals surface area (Å²) in [6, 6.07) is 5.75. The summed E-state index contributed by atoms with van der Waals surface area (Å²) < 4.78 is 44.6. The minimum Gasteiger partial charge on any atom is -0.508 e.